The van der Waals surface area contributed by atoms with Crippen molar-refractivity contribution in [1.29, 1.82) is 0 Å². The van der Waals surface area contributed by atoms with E-state index in [1.54, 1.807) is 7.11 Å². The van der Waals surface area contributed by atoms with Crippen LogP contribution in [0.5, 0.6) is 5.75 Å². The Morgan fingerprint density at radius 1 is 1.22 bits per heavy atom. The number of anilines is 1. The minimum absolute atomic E-state index is 0.829. The van der Waals surface area contributed by atoms with Crippen molar-refractivity contribution in [3.63, 3.8) is 0 Å². The summed E-state index contributed by atoms with van der Waals surface area (Å²) in [6.07, 6.45) is 1.09. The number of benzene rings is 1. The molecule has 0 spiro atoms. The number of nitrogens with zero attached hydrogens (tertiary/aromatic N) is 1. The number of aromatic nitrogens is 1. The first-order valence-electron chi connectivity index (χ1n) is 6.36. The Balaban J connectivity index is 2.60. The third kappa shape index (κ3) is 2.26. The largest absolute Gasteiger partial charge is 0.494 e. The molecule has 0 aliphatic carbocycles. The van der Waals surface area contributed by atoms with Crippen LogP contribution in [0.25, 0.3) is 10.9 Å². The molecular weight excluding hydrogens is 224 g/mol. The minimum Gasteiger partial charge on any atom is -0.494 e. The summed E-state index contributed by atoms with van der Waals surface area (Å²) in [6.45, 7) is 7.27. The maximum Gasteiger partial charge on any atom is 0.145 e. The lowest BCUT2D eigenvalue weighted by molar-refractivity contribution is 0.419. The van der Waals surface area contributed by atoms with Gasteiger partial charge in [-0.3, -0.25) is 0 Å². The Morgan fingerprint density at radius 3 is 2.67 bits per heavy atom. The van der Waals surface area contributed by atoms with Crippen molar-refractivity contribution in [2.24, 2.45) is 0 Å². The van der Waals surface area contributed by atoms with Gasteiger partial charge in [-0.15, -0.1) is 0 Å². The molecule has 0 saturated heterocycles. The maximum atomic E-state index is 5.39. The number of pyridine rings is 1. The van der Waals surface area contributed by atoms with Gasteiger partial charge in [-0.1, -0.05) is 13.0 Å². The van der Waals surface area contributed by atoms with E-state index in [4.69, 9.17) is 9.72 Å². The molecule has 1 aromatic carbocycles. The summed E-state index contributed by atoms with van der Waals surface area (Å²) < 4.78 is 5.39. The molecule has 1 N–H and O–H groups in total. The second kappa shape index (κ2) is 5.25. The number of fused-ring (bicyclic) bond motifs is 1. The van der Waals surface area contributed by atoms with Crippen molar-refractivity contribution in [3.05, 3.63) is 29.3 Å². The average molecular weight is 244 g/mol. The Hall–Kier alpha value is -1.77. The highest BCUT2D eigenvalue weighted by Gasteiger charge is 2.09. The molecule has 0 saturated carbocycles. The highest BCUT2D eigenvalue weighted by atomic mass is 16.5. The summed E-state index contributed by atoms with van der Waals surface area (Å²) in [7, 11) is 1.69. The molecule has 0 atom stereocenters. The van der Waals surface area contributed by atoms with Crippen molar-refractivity contribution in [1.82, 2.24) is 4.98 Å². The monoisotopic (exact) mass is 244 g/mol. The minimum atomic E-state index is 0.829. The first-order chi connectivity index (χ1) is 8.67. The van der Waals surface area contributed by atoms with Crippen molar-refractivity contribution >= 4 is 16.7 Å². The summed E-state index contributed by atoms with van der Waals surface area (Å²) in [6, 6.07) is 6.23. The molecule has 18 heavy (non-hydrogen) atoms. The fourth-order valence-corrected chi connectivity index (χ4v) is 2.06. The van der Waals surface area contributed by atoms with Gasteiger partial charge in [-0.25, -0.2) is 4.98 Å². The van der Waals surface area contributed by atoms with Gasteiger partial charge in [0, 0.05) is 11.9 Å². The van der Waals surface area contributed by atoms with Crippen LogP contribution >= 0.6 is 0 Å². The first kappa shape index (κ1) is 12.7. The van der Waals surface area contributed by atoms with Gasteiger partial charge in [0.1, 0.15) is 17.1 Å². The molecule has 0 fully saturated rings. The number of aryl methyl sites for hydroxylation is 2. The van der Waals surface area contributed by atoms with E-state index < -0.39 is 0 Å². The first-order valence-corrected chi connectivity index (χ1v) is 6.36. The van der Waals surface area contributed by atoms with Crippen molar-refractivity contribution in [2.75, 3.05) is 19.0 Å². The van der Waals surface area contributed by atoms with E-state index in [0.29, 0.717) is 0 Å². The number of rotatable bonds is 4. The Labute approximate surface area is 108 Å². The molecule has 0 radical (unpaired) electrons. The lowest BCUT2D eigenvalue weighted by Crippen LogP contribution is -2.04. The standard InChI is InChI=1S/C15H20N2O/c1-5-8-16-15-11(3)9-12-10(2)6-7-13(18-4)14(12)17-15/h6-7,9H,5,8H2,1-4H3,(H,16,17). The highest BCUT2D eigenvalue weighted by molar-refractivity contribution is 5.89. The van der Waals surface area contributed by atoms with Crippen LogP contribution in [-0.4, -0.2) is 18.6 Å². The van der Waals surface area contributed by atoms with Crippen LogP contribution in [-0.2, 0) is 0 Å². The summed E-state index contributed by atoms with van der Waals surface area (Å²) in [5, 5.41) is 4.52. The maximum absolute atomic E-state index is 5.39. The molecule has 2 aromatic rings. The van der Waals surface area contributed by atoms with Gasteiger partial charge in [0.2, 0.25) is 0 Å². The van der Waals surface area contributed by atoms with Crippen LogP contribution < -0.4 is 10.1 Å². The fourth-order valence-electron chi connectivity index (χ4n) is 2.06. The molecule has 0 bridgehead atoms. The smallest absolute Gasteiger partial charge is 0.145 e. The molecule has 0 aliphatic rings. The summed E-state index contributed by atoms with van der Waals surface area (Å²) >= 11 is 0. The van der Waals surface area contributed by atoms with Crippen LogP contribution in [0.15, 0.2) is 18.2 Å². The second-order valence-electron chi connectivity index (χ2n) is 4.56. The number of ether oxygens (including phenoxy) is 1. The van der Waals surface area contributed by atoms with Gasteiger partial charge in [0.15, 0.2) is 0 Å². The van der Waals surface area contributed by atoms with E-state index in [1.165, 1.54) is 11.1 Å². The zero-order valence-corrected chi connectivity index (χ0v) is 11.5. The predicted molar refractivity (Wildman–Crippen MR) is 76.5 cm³/mol. The number of hydrogen-bond acceptors (Lipinski definition) is 3. The molecule has 2 rings (SSSR count). The van der Waals surface area contributed by atoms with Crippen molar-refractivity contribution < 1.29 is 4.74 Å². The van der Waals surface area contributed by atoms with Crippen molar-refractivity contribution in [3.8, 4) is 5.75 Å². The van der Waals surface area contributed by atoms with E-state index >= 15 is 0 Å². The van der Waals surface area contributed by atoms with Gasteiger partial charge >= 0.3 is 0 Å². The molecule has 1 heterocycles. The van der Waals surface area contributed by atoms with Crippen molar-refractivity contribution in [2.45, 2.75) is 27.2 Å². The van der Waals surface area contributed by atoms with Crippen LogP contribution in [0.2, 0.25) is 0 Å². The predicted octanol–water partition coefficient (Wildman–Crippen LogP) is 3.68. The second-order valence-corrected chi connectivity index (χ2v) is 4.56. The van der Waals surface area contributed by atoms with Gasteiger partial charge < -0.3 is 10.1 Å². The molecule has 0 unspecified atom stereocenters. The van der Waals surface area contributed by atoms with E-state index in [0.717, 1.165) is 35.4 Å². The van der Waals surface area contributed by atoms with E-state index in [2.05, 4.69) is 38.2 Å². The zero-order valence-electron chi connectivity index (χ0n) is 11.5. The van der Waals surface area contributed by atoms with Gasteiger partial charge in [-0.2, -0.15) is 0 Å². The fraction of sp³-hybridized carbons (Fsp3) is 0.400. The van der Waals surface area contributed by atoms with Gasteiger partial charge in [0.05, 0.1) is 7.11 Å². The van der Waals surface area contributed by atoms with Crippen LogP contribution in [0.4, 0.5) is 5.82 Å². The Bertz CT molecular complexity index is 564. The zero-order chi connectivity index (χ0) is 13.1. The van der Waals surface area contributed by atoms with Gasteiger partial charge in [-0.05, 0) is 43.5 Å². The van der Waals surface area contributed by atoms with Crippen LogP contribution in [0, 0.1) is 13.8 Å². The Kier molecular flexibility index (Phi) is 3.70. The Morgan fingerprint density at radius 2 is 2.00 bits per heavy atom. The quantitative estimate of drug-likeness (QED) is 0.890. The topological polar surface area (TPSA) is 34.2 Å². The van der Waals surface area contributed by atoms with Crippen LogP contribution in [0.3, 0.4) is 0 Å². The molecule has 1 aromatic heterocycles. The normalized spacial score (nSPS) is 10.7. The van der Waals surface area contributed by atoms with Gasteiger partial charge in [0.25, 0.3) is 0 Å². The molecule has 3 nitrogen and oxygen atoms in total. The SMILES string of the molecule is CCCNc1nc2c(OC)ccc(C)c2cc1C. The third-order valence-electron chi connectivity index (χ3n) is 3.12. The summed E-state index contributed by atoms with van der Waals surface area (Å²) in [5.41, 5.74) is 3.33. The summed E-state index contributed by atoms with van der Waals surface area (Å²) in [4.78, 5) is 4.71. The van der Waals surface area contributed by atoms with E-state index in [-0.39, 0.29) is 0 Å². The molecular formula is C15H20N2O. The molecule has 96 valence electrons. The van der Waals surface area contributed by atoms with E-state index in [9.17, 15) is 0 Å². The number of hydrogen-bond donors (Lipinski definition) is 1. The lowest BCUT2D eigenvalue weighted by Gasteiger charge is -2.12. The molecule has 0 amide bonds. The molecule has 3 heteroatoms. The highest BCUT2D eigenvalue weighted by Crippen LogP contribution is 2.29. The van der Waals surface area contributed by atoms with E-state index in [1.807, 2.05) is 6.07 Å². The van der Waals surface area contributed by atoms with Crippen LogP contribution in [0.1, 0.15) is 24.5 Å². The number of methoxy groups -OCH3 is 1. The molecule has 0 aliphatic heterocycles. The average Bonchev–Trinajstić information content (AvgIpc) is 2.38. The number of nitrogens with one attached hydrogen (secondary N) is 1. The summed E-state index contributed by atoms with van der Waals surface area (Å²) in [5.74, 6) is 1.78. The lowest BCUT2D eigenvalue weighted by atomic mass is 10.1. The third-order valence-corrected chi connectivity index (χ3v) is 3.12.